The first-order valence-corrected chi connectivity index (χ1v) is 6.97. The third-order valence-corrected chi connectivity index (χ3v) is 3.88. The van der Waals surface area contributed by atoms with E-state index < -0.39 is 11.7 Å². The van der Waals surface area contributed by atoms with Crippen LogP contribution < -0.4 is 5.32 Å². The summed E-state index contributed by atoms with van der Waals surface area (Å²) in [6.07, 6.45) is -4.53. The molecule has 1 aromatic carbocycles. The van der Waals surface area contributed by atoms with Crippen molar-refractivity contribution in [1.29, 1.82) is 0 Å². The van der Waals surface area contributed by atoms with Gasteiger partial charge in [0.15, 0.2) is 5.13 Å². The predicted octanol–water partition coefficient (Wildman–Crippen LogP) is 3.96. The second-order valence-corrected chi connectivity index (χ2v) is 5.79. The van der Waals surface area contributed by atoms with Gasteiger partial charge in [-0.15, -0.1) is 11.3 Å². The highest BCUT2D eigenvalue weighted by Crippen LogP contribution is 2.29. The summed E-state index contributed by atoms with van der Waals surface area (Å²) >= 11 is 1.34. The van der Waals surface area contributed by atoms with Crippen molar-refractivity contribution in [3.05, 3.63) is 46.0 Å². The number of carbonyl (C=O) groups excluding carboxylic acids is 1. The van der Waals surface area contributed by atoms with Gasteiger partial charge in [0.25, 0.3) is 0 Å². The molecule has 0 bridgehead atoms. The lowest BCUT2D eigenvalue weighted by atomic mass is 10.1. The summed E-state index contributed by atoms with van der Waals surface area (Å²) in [4.78, 5) is 17.0. The zero-order valence-corrected chi connectivity index (χ0v) is 12.2. The third-order valence-electron chi connectivity index (χ3n) is 2.89. The highest BCUT2D eigenvalue weighted by atomic mass is 32.1. The number of thiazole rings is 1. The molecule has 2 rings (SSSR count). The smallest absolute Gasteiger partial charge is 0.302 e. The Kier molecular flexibility index (Phi) is 4.32. The second kappa shape index (κ2) is 5.85. The van der Waals surface area contributed by atoms with Crippen molar-refractivity contribution in [2.45, 2.75) is 26.4 Å². The number of hydrogen-bond acceptors (Lipinski definition) is 3. The molecule has 0 aliphatic rings. The number of aromatic nitrogens is 1. The topological polar surface area (TPSA) is 42.0 Å². The van der Waals surface area contributed by atoms with Crippen LogP contribution in [0.3, 0.4) is 0 Å². The molecule has 1 N–H and O–H groups in total. The number of aryl methyl sites for hydroxylation is 2. The molecule has 1 heterocycles. The highest BCUT2D eigenvalue weighted by Gasteiger charge is 2.30. The van der Waals surface area contributed by atoms with Crippen molar-refractivity contribution in [2.75, 3.05) is 5.32 Å². The van der Waals surface area contributed by atoms with Gasteiger partial charge < -0.3 is 5.32 Å². The molecule has 0 aliphatic carbocycles. The number of rotatable bonds is 3. The first-order valence-electron chi connectivity index (χ1n) is 6.16. The highest BCUT2D eigenvalue weighted by molar-refractivity contribution is 7.15. The summed E-state index contributed by atoms with van der Waals surface area (Å²) in [5, 5.41) is 3.06. The van der Waals surface area contributed by atoms with E-state index in [1.165, 1.54) is 23.5 Å². The van der Waals surface area contributed by atoms with E-state index in [-0.39, 0.29) is 12.3 Å². The molecule has 0 fully saturated rings. The number of nitrogens with one attached hydrogen (secondary N) is 1. The molecule has 3 nitrogen and oxygen atoms in total. The van der Waals surface area contributed by atoms with E-state index in [9.17, 15) is 18.0 Å². The zero-order chi connectivity index (χ0) is 15.6. The van der Waals surface area contributed by atoms with Gasteiger partial charge in [-0.1, -0.05) is 18.2 Å². The molecule has 0 radical (unpaired) electrons. The lowest BCUT2D eigenvalue weighted by Crippen LogP contribution is -2.15. The summed E-state index contributed by atoms with van der Waals surface area (Å²) in [6.45, 7) is 3.71. The van der Waals surface area contributed by atoms with E-state index in [0.29, 0.717) is 10.7 Å². The minimum absolute atomic E-state index is 0.123. The molecule has 1 aromatic heterocycles. The molecule has 0 unspecified atom stereocenters. The van der Waals surface area contributed by atoms with Gasteiger partial charge in [0, 0.05) is 4.88 Å². The van der Waals surface area contributed by atoms with E-state index >= 15 is 0 Å². The van der Waals surface area contributed by atoms with Crippen LogP contribution in [0.25, 0.3) is 0 Å². The minimum atomic E-state index is -4.41. The number of carbonyl (C=O) groups is 1. The molecule has 2 aromatic rings. The first kappa shape index (κ1) is 15.5. The minimum Gasteiger partial charge on any atom is -0.302 e. The summed E-state index contributed by atoms with van der Waals surface area (Å²) in [5.41, 5.74) is 0.385. The molecule has 21 heavy (non-hydrogen) atoms. The van der Waals surface area contributed by atoms with Gasteiger partial charge in [-0.3, -0.25) is 4.79 Å². The number of alkyl halides is 3. The number of nitrogens with zero attached hydrogens (tertiary/aromatic N) is 1. The quantitative estimate of drug-likeness (QED) is 0.932. The van der Waals surface area contributed by atoms with Gasteiger partial charge in [-0.05, 0) is 25.5 Å². The Bertz CT molecular complexity index is 645. The molecule has 0 atom stereocenters. The van der Waals surface area contributed by atoms with Gasteiger partial charge in [0.05, 0.1) is 17.7 Å². The van der Waals surface area contributed by atoms with Crippen LogP contribution in [-0.4, -0.2) is 10.9 Å². The Morgan fingerprint density at radius 1 is 1.33 bits per heavy atom. The van der Waals surface area contributed by atoms with Crippen LogP contribution in [0.1, 0.15) is 21.7 Å². The zero-order valence-electron chi connectivity index (χ0n) is 11.4. The van der Waals surface area contributed by atoms with Crippen molar-refractivity contribution in [1.82, 2.24) is 4.98 Å². The van der Waals surface area contributed by atoms with E-state index in [1.807, 2.05) is 13.8 Å². The Labute approximate surface area is 123 Å². The Morgan fingerprint density at radius 3 is 2.62 bits per heavy atom. The maximum atomic E-state index is 12.6. The van der Waals surface area contributed by atoms with E-state index in [0.717, 1.165) is 22.7 Å². The van der Waals surface area contributed by atoms with Gasteiger partial charge in [0.2, 0.25) is 5.91 Å². The maximum absolute atomic E-state index is 12.6. The number of amides is 1. The predicted molar refractivity (Wildman–Crippen MR) is 75.4 cm³/mol. The number of hydrogen-bond donors (Lipinski definition) is 1. The Balaban J connectivity index is 2.06. The molecule has 0 spiro atoms. The SMILES string of the molecule is Cc1nc(NC(=O)Cc2cccc(C(F)(F)F)c2)sc1C. The summed E-state index contributed by atoms with van der Waals surface area (Å²) < 4.78 is 37.8. The van der Waals surface area contributed by atoms with Crippen molar-refractivity contribution in [3.63, 3.8) is 0 Å². The number of anilines is 1. The van der Waals surface area contributed by atoms with E-state index in [4.69, 9.17) is 0 Å². The summed E-state index contributed by atoms with van der Waals surface area (Å²) in [7, 11) is 0. The van der Waals surface area contributed by atoms with Crippen LogP contribution in [0.2, 0.25) is 0 Å². The largest absolute Gasteiger partial charge is 0.416 e. The molecule has 112 valence electrons. The normalized spacial score (nSPS) is 11.5. The van der Waals surface area contributed by atoms with Crippen molar-refractivity contribution in [2.24, 2.45) is 0 Å². The van der Waals surface area contributed by atoms with Crippen LogP contribution in [-0.2, 0) is 17.4 Å². The van der Waals surface area contributed by atoms with Crippen molar-refractivity contribution >= 4 is 22.4 Å². The fraction of sp³-hybridized carbons (Fsp3) is 0.286. The third kappa shape index (κ3) is 4.04. The molecule has 0 saturated carbocycles. The summed E-state index contributed by atoms with van der Waals surface area (Å²) in [5.74, 6) is -0.386. The van der Waals surface area contributed by atoms with E-state index in [1.54, 1.807) is 0 Å². The molecular weight excluding hydrogens is 301 g/mol. The standard InChI is InChI=1S/C14H13F3N2OS/c1-8-9(2)21-13(18-8)19-12(20)7-10-4-3-5-11(6-10)14(15,16)17/h3-6H,7H2,1-2H3,(H,18,19,20). The van der Waals surface area contributed by atoms with Gasteiger partial charge >= 0.3 is 6.18 Å². The van der Waals surface area contributed by atoms with Crippen molar-refractivity contribution in [3.8, 4) is 0 Å². The molecular formula is C14H13F3N2OS. The lowest BCUT2D eigenvalue weighted by Gasteiger charge is -2.08. The van der Waals surface area contributed by atoms with Gasteiger partial charge in [-0.25, -0.2) is 4.98 Å². The number of halogens is 3. The van der Waals surface area contributed by atoms with Crippen LogP contribution >= 0.6 is 11.3 Å². The maximum Gasteiger partial charge on any atom is 0.416 e. The van der Waals surface area contributed by atoms with Gasteiger partial charge in [-0.2, -0.15) is 13.2 Å². The fourth-order valence-corrected chi connectivity index (χ4v) is 2.56. The molecule has 0 saturated heterocycles. The van der Waals surface area contributed by atoms with E-state index in [2.05, 4.69) is 10.3 Å². The lowest BCUT2D eigenvalue weighted by molar-refractivity contribution is -0.137. The van der Waals surface area contributed by atoms with Gasteiger partial charge in [0.1, 0.15) is 0 Å². The monoisotopic (exact) mass is 314 g/mol. The molecule has 0 aliphatic heterocycles. The fourth-order valence-electron chi connectivity index (χ4n) is 1.73. The Morgan fingerprint density at radius 2 is 2.05 bits per heavy atom. The van der Waals surface area contributed by atoms with Crippen LogP contribution in [0, 0.1) is 13.8 Å². The Hall–Kier alpha value is -1.89. The van der Waals surface area contributed by atoms with Crippen LogP contribution in [0.15, 0.2) is 24.3 Å². The number of benzene rings is 1. The molecule has 7 heteroatoms. The average molecular weight is 314 g/mol. The molecule has 1 amide bonds. The first-order chi connectivity index (χ1) is 9.75. The second-order valence-electron chi connectivity index (χ2n) is 4.58. The van der Waals surface area contributed by atoms with Crippen LogP contribution in [0.5, 0.6) is 0 Å². The van der Waals surface area contributed by atoms with Crippen molar-refractivity contribution < 1.29 is 18.0 Å². The van der Waals surface area contributed by atoms with Crippen LogP contribution in [0.4, 0.5) is 18.3 Å². The average Bonchev–Trinajstić information content (AvgIpc) is 2.67. The summed E-state index contributed by atoms with van der Waals surface area (Å²) in [6, 6.07) is 4.75.